The van der Waals surface area contributed by atoms with Crippen LogP contribution in [0.2, 0.25) is 0 Å². The largest absolute Gasteiger partial charge is 0.469 e. The molecule has 0 aliphatic carbocycles. The van der Waals surface area contributed by atoms with Crippen molar-refractivity contribution < 1.29 is 14.6 Å². The number of carbonyl (C=O) groups excluding carboxylic acids is 1. The SMILES string of the molecule is CCCCC(C(=O)OC)C(O)c1cccs1. The van der Waals surface area contributed by atoms with Gasteiger partial charge in [-0.3, -0.25) is 4.79 Å². The van der Waals surface area contributed by atoms with Crippen molar-refractivity contribution in [1.82, 2.24) is 0 Å². The molecule has 0 aromatic carbocycles. The highest BCUT2D eigenvalue weighted by Crippen LogP contribution is 2.30. The number of methoxy groups -OCH3 is 1. The molecule has 3 nitrogen and oxygen atoms in total. The van der Waals surface area contributed by atoms with Crippen LogP contribution < -0.4 is 0 Å². The van der Waals surface area contributed by atoms with Crippen LogP contribution in [0, 0.1) is 5.92 Å². The zero-order chi connectivity index (χ0) is 12.0. The molecule has 2 unspecified atom stereocenters. The first-order valence-corrected chi connectivity index (χ1v) is 6.38. The third-order valence-electron chi connectivity index (χ3n) is 2.59. The Bertz CT molecular complexity index is 308. The van der Waals surface area contributed by atoms with Gasteiger partial charge in [-0.2, -0.15) is 0 Å². The lowest BCUT2D eigenvalue weighted by molar-refractivity contribution is -0.150. The molecule has 0 saturated heterocycles. The van der Waals surface area contributed by atoms with Crippen LogP contribution >= 0.6 is 11.3 Å². The van der Waals surface area contributed by atoms with Gasteiger partial charge in [-0.15, -0.1) is 11.3 Å². The standard InChI is InChI=1S/C12H18O3S/c1-3-4-6-9(12(14)15-2)11(13)10-7-5-8-16-10/h5,7-9,11,13H,3-4,6H2,1-2H3. The molecule has 0 saturated carbocycles. The first kappa shape index (κ1) is 13.2. The third-order valence-corrected chi connectivity index (χ3v) is 3.53. The average molecular weight is 242 g/mol. The Hall–Kier alpha value is -0.870. The quantitative estimate of drug-likeness (QED) is 0.780. The fourth-order valence-electron chi connectivity index (χ4n) is 1.64. The number of unbranched alkanes of at least 4 members (excludes halogenated alkanes) is 1. The highest BCUT2D eigenvalue weighted by atomic mass is 32.1. The van der Waals surface area contributed by atoms with E-state index in [-0.39, 0.29) is 5.97 Å². The van der Waals surface area contributed by atoms with Crippen LogP contribution in [-0.4, -0.2) is 18.2 Å². The van der Waals surface area contributed by atoms with Crippen LogP contribution in [-0.2, 0) is 9.53 Å². The van der Waals surface area contributed by atoms with E-state index in [0.717, 1.165) is 17.7 Å². The van der Waals surface area contributed by atoms with Crippen molar-refractivity contribution in [3.05, 3.63) is 22.4 Å². The minimum atomic E-state index is -0.737. The monoisotopic (exact) mass is 242 g/mol. The maximum atomic E-state index is 11.6. The van der Waals surface area contributed by atoms with Gasteiger partial charge >= 0.3 is 5.97 Å². The van der Waals surface area contributed by atoms with Gasteiger partial charge in [0.15, 0.2) is 0 Å². The summed E-state index contributed by atoms with van der Waals surface area (Å²) in [5.74, 6) is -0.766. The molecule has 1 N–H and O–H groups in total. The lowest BCUT2D eigenvalue weighted by atomic mass is 9.95. The van der Waals surface area contributed by atoms with Crippen molar-refractivity contribution in [3.63, 3.8) is 0 Å². The summed E-state index contributed by atoms with van der Waals surface area (Å²) in [6.45, 7) is 2.06. The van der Waals surface area contributed by atoms with Gasteiger partial charge in [-0.1, -0.05) is 25.8 Å². The molecular weight excluding hydrogens is 224 g/mol. The Kier molecular flexibility index (Phi) is 5.49. The molecule has 1 aromatic rings. The van der Waals surface area contributed by atoms with Gasteiger partial charge in [-0.05, 0) is 17.9 Å². The highest BCUT2D eigenvalue weighted by Gasteiger charge is 2.28. The van der Waals surface area contributed by atoms with Crippen molar-refractivity contribution in [2.75, 3.05) is 7.11 Å². The van der Waals surface area contributed by atoms with E-state index < -0.39 is 12.0 Å². The van der Waals surface area contributed by atoms with Gasteiger partial charge in [0.25, 0.3) is 0 Å². The Balaban J connectivity index is 2.71. The number of esters is 1. The first-order valence-electron chi connectivity index (χ1n) is 5.50. The van der Waals surface area contributed by atoms with Gasteiger partial charge in [0.1, 0.15) is 6.10 Å². The molecule has 0 aliphatic rings. The number of aliphatic hydroxyl groups excluding tert-OH is 1. The number of hydrogen-bond acceptors (Lipinski definition) is 4. The van der Waals surface area contributed by atoms with E-state index in [9.17, 15) is 9.90 Å². The Morgan fingerprint density at radius 1 is 1.62 bits per heavy atom. The normalized spacial score (nSPS) is 14.4. The molecule has 0 amide bonds. The van der Waals surface area contributed by atoms with Crippen molar-refractivity contribution in [2.24, 2.45) is 5.92 Å². The molecule has 2 atom stereocenters. The van der Waals surface area contributed by atoms with Gasteiger partial charge in [0, 0.05) is 4.88 Å². The molecule has 16 heavy (non-hydrogen) atoms. The number of ether oxygens (including phenoxy) is 1. The lowest BCUT2D eigenvalue weighted by Crippen LogP contribution is -2.23. The van der Waals surface area contributed by atoms with E-state index in [4.69, 9.17) is 4.74 Å². The number of carbonyl (C=O) groups is 1. The second-order valence-corrected chi connectivity index (χ2v) is 4.71. The van der Waals surface area contributed by atoms with Gasteiger partial charge < -0.3 is 9.84 Å². The molecule has 0 bridgehead atoms. The average Bonchev–Trinajstić information content (AvgIpc) is 2.82. The Labute approximate surface area is 100 Å². The molecule has 0 aliphatic heterocycles. The second-order valence-electron chi connectivity index (χ2n) is 3.73. The smallest absolute Gasteiger partial charge is 0.311 e. The van der Waals surface area contributed by atoms with E-state index >= 15 is 0 Å². The molecule has 0 radical (unpaired) electrons. The van der Waals surface area contributed by atoms with Crippen molar-refractivity contribution in [3.8, 4) is 0 Å². The molecular formula is C12H18O3S. The minimum Gasteiger partial charge on any atom is -0.469 e. The number of hydrogen-bond donors (Lipinski definition) is 1. The van der Waals surface area contributed by atoms with Crippen LogP contribution in [0.25, 0.3) is 0 Å². The Morgan fingerprint density at radius 3 is 2.88 bits per heavy atom. The molecule has 4 heteroatoms. The molecule has 0 spiro atoms. The third kappa shape index (κ3) is 3.32. The summed E-state index contributed by atoms with van der Waals surface area (Å²) in [7, 11) is 1.36. The lowest BCUT2D eigenvalue weighted by Gasteiger charge is -2.19. The summed E-state index contributed by atoms with van der Waals surface area (Å²) in [6.07, 6.45) is 1.86. The van der Waals surface area contributed by atoms with Gasteiger partial charge in [-0.25, -0.2) is 0 Å². The molecule has 90 valence electrons. The van der Waals surface area contributed by atoms with Crippen LogP contribution in [0.3, 0.4) is 0 Å². The summed E-state index contributed by atoms with van der Waals surface area (Å²) < 4.78 is 4.73. The topological polar surface area (TPSA) is 46.5 Å². The fourth-order valence-corrected chi connectivity index (χ4v) is 2.41. The van der Waals surface area contributed by atoms with Gasteiger partial charge in [0.2, 0.25) is 0 Å². The van der Waals surface area contributed by atoms with E-state index in [1.165, 1.54) is 18.4 Å². The summed E-state index contributed by atoms with van der Waals surface area (Å²) in [5.41, 5.74) is 0. The van der Waals surface area contributed by atoms with Crippen LogP contribution in [0.15, 0.2) is 17.5 Å². The van der Waals surface area contributed by atoms with E-state index in [1.807, 2.05) is 17.5 Å². The molecule has 1 rings (SSSR count). The zero-order valence-corrected chi connectivity index (χ0v) is 10.5. The van der Waals surface area contributed by atoms with E-state index in [2.05, 4.69) is 6.92 Å². The number of aliphatic hydroxyl groups is 1. The van der Waals surface area contributed by atoms with Crippen LogP contribution in [0.4, 0.5) is 0 Å². The summed E-state index contributed by atoms with van der Waals surface area (Å²) >= 11 is 1.46. The first-order chi connectivity index (χ1) is 7.70. The van der Waals surface area contributed by atoms with Crippen molar-refractivity contribution in [2.45, 2.75) is 32.3 Å². The number of rotatable bonds is 6. The van der Waals surface area contributed by atoms with Crippen molar-refractivity contribution in [1.29, 1.82) is 0 Å². The second kappa shape index (κ2) is 6.66. The Morgan fingerprint density at radius 2 is 2.38 bits per heavy atom. The maximum Gasteiger partial charge on any atom is 0.311 e. The molecule has 1 aromatic heterocycles. The van der Waals surface area contributed by atoms with Crippen LogP contribution in [0.1, 0.15) is 37.2 Å². The summed E-state index contributed by atoms with van der Waals surface area (Å²) in [4.78, 5) is 12.4. The highest BCUT2D eigenvalue weighted by molar-refractivity contribution is 7.10. The summed E-state index contributed by atoms with van der Waals surface area (Å²) in [5, 5.41) is 12.0. The zero-order valence-electron chi connectivity index (χ0n) is 9.68. The number of thiophene rings is 1. The van der Waals surface area contributed by atoms with E-state index in [1.54, 1.807) is 0 Å². The predicted molar refractivity (Wildman–Crippen MR) is 64.3 cm³/mol. The van der Waals surface area contributed by atoms with E-state index in [0.29, 0.717) is 6.42 Å². The maximum absolute atomic E-state index is 11.6. The molecule has 1 heterocycles. The fraction of sp³-hybridized carbons (Fsp3) is 0.583. The molecule has 0 fully saturated rings. The minimum absolute atomic E-state index is 0.325. The van der Waals surface area contributed by atoms with Crippen LogP contribution in [0.5, 0.6) is 0 Å². The summed E-state index contributed by atoms with van der Waals surface area (Å²) in [6, 6.07) is 3.72. The predicted octanol–water partition coefficient (Wildman–Crippen LogP) is 2.76. The van der Waals surface area contributed by atoms with Crippen molar-refractivity contribution >= 4 is 17.3 Å². The van der Waals surface area contributed by atoms with Gasteiger partial charge in [0.05, 0.1) is 13.0 Å².